The van der Waals surface area contributed by atoms with E-state index in [0.29, 0.717) is 19.3 Å². The summed E-state index contributed by atoms with van der Waals surface area (Å²) < 4.78 is 36.6. The van der Waals surface area contributed by atoms with Crippen LogP contribution in [0.3, 0.4) is 0 Å². The van der Waals surface area contributed by atoms with E-state index in [9.17, 15) is 12.8 Å². The van der Waals surface area contributed by atoms with E-state index in [2.05, 4.69) is 0 Å². The molecule has 0 heterocycles. The minimum Gasteiger partial charge on any atom is -0.224 e. The normalized spacial score (nSPS) is 11.0. The van der Waals surface area contributed by atoms with Crippen LogP contribution in [0.15, 0.2) is 29.2 Å². The molecular formula is C11H12FNO2S. The first kappa shape index (κ1) is 12.7. The summed E-state index contributed by atoms with van der Waals surface area (Å²) in [7, 11) is -3.56. The number of hydrogen-bond donors (Lipinski definition) is 0. The summed E-state index contributed by atoms with van der Waals surface area (Å²) in [4.78, 5) is -0.257. The molecule has 86 valence electrons. The fourth-order valence-electron chi connectivity index (χ4n) is 1.30. The van der Waals surface area contributed by atoms with Gasteiger partial charge in [-0.25, -0.2) is 12.8 Å². The molecule has 0 amide bonds. The number of unbranched alkanes of at least 4 members (excludes halogenated alkanes) is 2. The topological polar surface area (TPSA) is 57.9 Å². The molecule has 0 atom stereocenters. The average molecular weight is 241 g/mol. The molecule has 0 aliphatic rings. The van der Waals surface area contributed by atoms with E-state index in [1.165, 1.54) is 18.2 Å². The molecule has 1 aromatic rings. The minimum absolute atomic E-state index is 0.115. The second-order valence-corrected chi connectivity index (χ2v) is 5.44. The first-order valence-corrected chi connectivity index (χ1v) is 6.57. The fourth-order valence-corrected chi connectivity index (χ4v) is 2.76. The van der Waals surface area contributed by atoms with Crippen molar-refractivity contribution < 1.29 is 12.8 Å². The maximum atomic E-state index is 13.2. The van der Waals surface area contributed by atoms with Gasteiger partial charge in [0.2, 0.25) is 0 Å². The Hall–Kier alpha value is -1.41. The molecule has 0 aliphatic heterocycles. The third-order valence-electron chi connectivity index (χ3n) is 2.12. The molecule has 1 rings (SSSR count). The summed E-state index contributed by atoms with van der Waals surface area (Å²) in [6.45, 7) is 0. The third kappa shape index (κ3) is 3.31. The van der Waals surface area contributed by atoms with Crippen LogP contribution in [0, 0.1) is 17.1 Å². The molecule has 0 unspecified atom stereocenters. The van der Waals surface area contributed by atoms with Gasteiger partial charge in [-0.2, -0.15) is 5.26 Å². The molecule has 0 bridgehead atoms. The van der Waals surface area contributed by atoms with E-state index < -0.39 is 15.7 Å². The molecule has 5 heteroatoms. The van der Waals surface area contributed by atoms with Gasteiger partial charge in [0.1, 0.15) is 10.7 Å². The number of nitrogens with zero attached hydrogens (tertiary/aromatic N) is 1. The maximum Gasteiger partial charge on any atom is 0.181 e. The van der Waals surface area contributed by atoms with Crippen LogP contribution in [0.4, 0.5) is 4.39 Å². The Morgan fingerprint density at radius 1 is 1.25 bits per heavy atom. The first-order chi connectivity index (χ1) is 7.58. The number of nitriles is 1. The van der Waals surface area contributed by atoms with Crippen molar-refractivity contribution in [1.82, 2.24) is 0 Å². The lowest BCUT2D eigenvalue weighted by molar-refractivity contribution is 0.564. The Labute approximate surface area is 94.4 Å². The predicted octanol–water partition coefficient (Wildman–Crippen LogP) is 2.29. The van der Waals surface area contributed by atoms with Crippen molar-refractivity contribution >= 4 is 9.84 Å². The SMILES string of the molecule is N#CCCCCS(=O)(=O)c1ccccc1F. The number of rotatable bonds is 5. The quantitative estimate of drug-likeness (QED) is 0.743. The van der Waals surface area contributed by atoms with Crippen LogP contribution >= 0.6 is 0 Å². The van der Waals surface area contributed by atoms with Crippen molar-refractivity contribution in [1.29, 1.82) is 5.26 Å². The van der Waals surface area contributed by atoms with Gasteiger partial charge in [0, 0.05) is 6.42 Å². The molecule has 1 aromatic carbocycles. The zero-order valence-electron chi connectivity index (χ0n) is 8.69. The standard InChI is InChI=1S/C11H12FNO2S/c12-10-6-2-3-7-11(10)16(14,15)9-5-1-4-8-13/h2-3,6-7H,1,4-5,9H2. The highest BCUT2D eigenvalue weighted by molar-refractivity contribution is 7.91. The zero-order valence-corrected chi connectivity index (χ0v) is 9.50. The van der Waals surface area contributed by atoms with Gasteiger partial charge in [0.25, 0.3) is 0 Å². The summed E-state index contributed by atoms with van der Waals surface area (Å²) in [6, 6.07) is 7.26. The highest BCUT2D eigenvalue weighted by atomic mass is 32.2. The van der Waals surface area contributed by atoms with Crippen LogP contribution in [-0.4, -0.2) is 14.2 Å². The monoisotopic (exact) mass is 241 g/mol. The zero-order chi connectivity index (χ0) is 12.0. The summed E-state index contributed by atoms with van der Waals surface area (Å²) in [5.74, 6) is -0.835. The molecule has 16 heavy (non-hydrogen) atoms. The van der Waals surface area contributed by atoms with Crippen molar-refractivity contribution in [2.24, 2.45) is 0 Å². The number of benzene rings is 1. The van der Waals surface area contributed by atoms with Crippen LogP contribution in [0.1, 0.15) is 19.3 Å². The second-order valence-electron chi connectivity index (χ2n) is 3.36. The third-order valence-corrected chi connectivity index (χ3v) is 3.95. The molecule has 0 aliphatic carbocycles. The molecule has 0 N–H and O–H groups in total. The molecule has 0 aromatic heterocycles. The lowest BCUT2D eigenvalue weighted by atomic mass is 10.3. The fraction of sp³-hybridized carbons (Fsp3) is 0.364. The van der Waals surface area contributed by atoms with Crippen molar-refractivity contribution in [3.63, 3.8) is 0 Å². The van der Waals surface area contributed by atoms with Gasteiger partial charge in [-0.3, -0.25) is 0 Å². The number of halogens is 1. The van der Waals surface area contributed by atoms with Gasteiger partial charge >= 0.3 is 0 Å². The molecule has 0 radical (unpaired) electrons. The summed E-state index contributed by atoms with van der Waals surface area (Å²) in [5, 5.41) is 8.30. The molecule has 0 saturated heterocycles. The molecule has 0 saturated carbocycles. The van der Waals surface area contributed by atoms with E-state index in [1.807, 2.05) is 6.07 Å². The smallest absolute Gasteiger partial charge is 0.181 e. The van der Waals surface area contributed by atoms with Crippen molar-refractivity contribution in [2.45, 2.75) is 24.2 Å². The van der Waals surface area contributed by atoms with E-state index in [-0.39, 0.29) is 10.6 Å². The van der Waals surface area contributed by atoms with Crippen molar-refractivity contribution in [2.75, 3.05) is 5.75 Å². The Morgan fingerprint density at radius 3 is 2.56 bits per heavy atom. The van der Waals surface area contributed by atoms with Crippen LogP contribution in [-0.2, 0) is 9.84 Å². The van der Waals surface area contributed by atoms with E-state index >= 15 is 0 Å². The Kier molecular flexibility index (Phi) is 4.44. The highest BCUT2D eigenvalue weighted by Gasteiger charge is 2.17. The number of hydrogen-bond acceptors (Lipinski definition) is 3. The van der Waals surface area contributed by atoms with E-state index in [1.54, 1.807) is 0 Å². The Morgan fingerprint density at radius 2 is 1.94 bits per heavy atom. The van der Waals surface area contributed by atoms with Gasteiger partial charge < -0.3 is 0 Å². The van der Waals surface area contributed by atoms with Crippen LogP contribution in [0.5, 0.6) is 0 Å². The molecule has 0 fully saturated rings. The van der Waals surface area contributed by atoms with Gasteiger partial charge in [0.15, 0.2) is 9.84 Å². The van der Waals surface area contributed by atoms with Gasteiger partial charge in [0.05, 0.1) is 11.8 Å². The predicted molar refractivity (Wildman–Crippen MR) is 57.9 cm³/mol. The average Bonchev–Trinajstić information content (AvgIpc) is 2.25. The van der Waals surface area contributed by atoms with Gasteiger partial charge in [-0.05, 0) is 25.0 Å². The molecule has 3 nitrogen and oxygen atoms in total. The lowest BCUT2D eigenvalue weighted by Crippen LogP contribution is -2.08. The van der Waals surface area contributed by atoms with Gasteiger partial charge in [-0.1, -0.05) is 12.1 Å². The summed E-state index contributed by atoms with van der Waals surface area (Å²) in [5.41, 5.74) is 0. The van der Waals surface area contributed by atoms with Crippen LogP contribution < -0.4 is 0 Å². The first-order valence-electron chi connectivity index (χ1n) is 4.92. The summed E-state index contributed by atoms with van der Waals surface area (Å²) in [6.07, 6.45) is 1.22. The number of sulfone groups is 1. The van der Waals surface area contributed by atoms with Gasteiger partial charge in [-0.15, -0.1) is 0 Å². The van der Waals surface area contributed by atoms with Crippen molar-refractivity contribution in [3.05, 3.63) is 30.1 Å². The van der Waals surface area contributed by atoms with Crippen LogP contribution in [0.25, 0.3) is 0 Å². The van der Waals surface area contributed by atoms with E-state index in [4.69, 9.17) is 5.26 Å². The van der Waals surface area contributed by atoms with Crippen molar-refractivity contribution in [3.8, 4) is 6.07 Å². The minimum atomic E-state index is -3.56. The van der Waals surface area contributed by atoms with Crippen LogP contribution in [0.2, 0.25) is 0 Å². The second kappa shape index (κ2) is 5.61. The summed E-state index contributed by atoms with van der Waals surface area (Å²) >= 11 is 0. The largest absolute Gasteiger partial charge is 0.224 e. The Balaban J connectivity index is 2.72. The lowest BCUT2D eigenvalue weighted by Gasteiger charge is -2.04. The van der Waals surface area contributed by atoms with E-state index in [0.717, 1.165) is 6.07 Å². The molecular weight excluding hydrogens is 229 g/mol. The maximum absolute atomic E-state index is 13.2. The Bertz CT molecular complexity index is 491. The molecule has 0 spiro atoms. The highest BCUT2D eigenvalue weighted by Crippen LogP contribution is 2.16.